The Bertz CT molecular complexity index is 570. The summed E-state index contributed by atoms with van der Waals surface area (Å²) >= 11 is 3.59. The molecule has 0 saturated carbocycles. The maximum Gasteiger partial charge on any atom is 0.192 e. The molecule has 0 fully saturated rings. The van der Waals surface area contributed by atoms with Gasteiger partial charge in [0.05, 0.1) is 17.7 Å². The highest BCUT2D eigenvalue weighted by molar-refractivity contribution is 9.10. The van der Waals surface area contributed by atoms with Crippen molar-refractivity contribution in [1.82, 2.24) is 4.98 Å². The molecule has 0 amide bonds. The largest absolute Gasteiger partial charge is 0.410 e. The van der Waals surface area contributed by atoms with Gasteiger partial charge in [0.15, 0.2) is 14.4 Å². The van der Waals surface area contributed by atoms with Crippen LogP contribution in [0.5, 0.6) is 0 Å². The Morgan fingerprint density at radius 1 is 1.25 bits per heavy atom. The summed E-state index contributed by atoms with van der Waals surface area (Å²) in [6.07, 6.45) is 2.59. The van der Waals surface area contributed by atoms with Crippen molar-refractivity contribution in [1.29, 1.82) is 0 Å². The lowest BCUT2D eigenvalue weighted by Gasteiger charge is -2.35. The fourth-order valence-corrected chi connectivity index (χ4v) is 6.95. The maximum atomic E-state index is 6.66. The van der Waals surface area contributed by atoms with Gasteiger partial charge < -0.3 is 9.26 Å². The second-order valence-corrected chi connectivity index (χ2v) is 11.9. The lowest BCUT2D eigenvalue weighted by molar-refractivity contribution is -0.00874. The molecule has 2 rings (SSSR count). The summed E-state index contributed by atoms with van der Waals surface area (Å²) in [4.78, 5) is 10.2. The minimum Gasteiger partial charge on any atom is -0.410 e. The highest BCUT2D eigenvalue weighted by atomic mass is 79.9. The fourth-order valence-electron chi connectivity index (χ4n) is 3.53. The molecule has 0 bridgehead atoms. The van der Waals surface area contributed by atoms with E-state index >= 15 is 0 Å². The molecule has 0 N–H and O–H groups in total. The van der Waals surface area contributed by atoms with Gasteiger partial charge >= 0.3 is 0 Å². The molecule has 3 atom stereocenters. The number of hydrogen-bond donors (Lipinski definition) is 0. The molecule has 134 valence electrons. The summed E-state index contributed by atoms with van der Waals surface area (Å²) in [5, 5.41) is 4.37. The molecule has 0 radical (unpaired) electrons. The SMILES string of the molecule is CCC1=NO[C@@H]([C@@H](C)O[Si](CC)(CC)CC)[C@@H]1c1cccnc1Br. The third kappa shape index (κ3) is 3.91. The van der Waals surface area contributed by atoms with Crippen LogP contribution in [0.15, 0.2) is 28.1 Å². The van der Waals surface area contributed by atoms with Crippen molar-refractivity contribution in [3.05, 3.63) is 28.5 Å². The van der Waals surface area contributed by atoms with E-state index in [-0.39, 0.29) is 18.1 Å². The lowest BCUT2D eigenvalue weighted by Crippen LogP contribution is -2.44. The van der Waals surface area contributed by atoms with E-state index in [1.165, 1.54) is 0 Å². The van der Waals surface area contributed by atoms with E-state index in [1.54, 1.807) is 6.20 Å². The van der Waals surface area contributed by atoms with Crippen LogP contribution in [0.2, 0.25) is 18.1 Å². The first-order valence-corrected chi connectivity index (χ1v) is 12.3. The standard InChI is InChI=1S/C18H29BrN2O2Si/c1-6-15-16(14-11-10-12-20-18(14)19)17(22-21-15)13(5)23-24(7-2,8-3)9-4/h10-13,16-17H,6-9H2,1-5H3/t13-,16-,17+/m1/s1. The number of oxime groups is 1. The van der Waals surface area contributed by atoms with Crippen LogP contribution in [-0.2, 0) is 9.26 Å². The Morgan fingerprint density at radius 2 is 1.92 bits per heavy atom. The minimum atomic E-state index is -1.68. The molecular formula is C18H29BrN2O2Si. The highest BCUT2D eigenvalue weighted by Crippen LogP contribution is 2.37. The Balaban J connectivity index is 2.27. The fraction of sp³-hybridized carbons (Fsp3) is 0.667. The number of hydrogen-bond acceptors (Lipinski definition) is 4. The smallest absolute Gasteiger partial charge is 0.192 e. The third-order valence-electron chi connectivity index (χ3n) is 5.30. The van der Waals surface area contributed by atoms with Gasteiger partial charge in [0, 0.05) is 6.20 Å². The number of aromatic nitrogens is 1. The van der Waals surface area contributed by atoms with Gasteiger partial charge in [-0.3, -0.25) is 0 Å². The van der Waals surface area contributed by atoms with Crippen molar-refractivity contribution in [3.63, 3.8) is 0 Å². The molecule has 1 aromatic rings. The Hall–Kier alpha value is -0.723. The predicted octanol–water partition coefficient (Wildman–Crippen LogP) is 5.50. The summed E-state index contributed by atoms with van der Waals surface area (Å²) in [5.41, 5.74) is 2.20. The number of pyridine rings is 1. The zero-order chi connectivity index (χ0) is 17.7. The monoisotopic (exact) mass is 412 g/mol. The highest BCUT2D eigenvalue weighted by Gasteiger charge is 2.42. The normalized spacial score (nSPS) is 22.2. The van der Waals surface area contributed by atoms with E-state index in [4.69, 9.17) is 9.26 Å². The van der Waals surface area contributed by atoms with Gasteiger partial charge in [-0.2, -0.15) is 0 Å². The number of rotatable bonds is 8. The molecule has 1 aliphatic rings. The second-order valence-electron chi connectivity index (χ2n) is 6.43. The van der Waals surface area contributed by atoms with Crippen molar-refractivity contribution in [2.75, 3.05) is 0 Å². The molecule has 1 aliphatic heterocycles. The molecule has 4 nitrogen and oxygen atoms in total. The summed E-state index contributed by atoms with van der Waals surface area (Å²) in [6.45, 7) is 11.0. The van der Waals surface area contributed by atoms with Gasteiger partial charge in [-0.15, -0.1) is 0 Å². The molecule has 6 heteroatoms. The Kier molecular flexibility index (Phi) is 7.01. The molecule has 24 heavy (non-hydrogen) atoms. The molecule has 0 spiro atoms. The molecule has 0 unspecified atom stereocenters. The van der Waals surface area contributed by atoms with Crippen LogP contribution in [-0.4, -0.2) is 31.2 Å². The van der Waals surface area contributed by atoms with Gasteiger partial charge in [-0.25, -0.2) is 4.98 Å². The van der Waals surface area contributed by atoms with Gasteiger partial charge in [-0.05, 0) is 59.0 Å². The summed E-state index contributed by atoms with van der Waals surface area (Å²) in [6, 6.07) is 7.49. The second kappa shape index (κ2) is 8.58. The average molecular weight is 413 g/mol. The number of halogens is 1. The van der Waals surface area contributed by atoms with Crippen LogP contribution in [0.1, 0.15) is 52.5 Å². The zero-order valence-corrected chi connectivity index (χ0v) is 18.0. The van der Waals surface area contributed by atoms with Crippen LogP contribution in [0.25, 0.3) is 0 Å². The van der Waals surface area contributed by atoms with E-state index < -0.39 is 8.32 Å². The Morgan fingerprint density at radius 3 is 2.46 bits per heavy atom. The van der Waals surface area contributed by atoms with E-state index in [9.17, 15) is 0 Å². The van der Waals surface area contributed by atoms with Gasteiger partial charge in [0.25, 0.3) is 0 Å². The third-order valence-corrected chi connectivity index (χ3v) is 10.7. The van der Waals surface area contributed by atoms with Crippen molar-refractivity contribution in [2.24, 2.45) is 5.16 Å². The Labute approximate surface area is 155 Å². The molecule has 0 aliphatic carbocycles. The van der Waals surface area contributed by atoms with Crippen LogP contribution in [0.4, 0.5) is 0 Å². The topological polar surface area (TPSA) is 43.7 Å². The average Bonchev–Trinajstić information content (AvgIpc) is 3.04. The summed E-state index contributed by atoms with van der Waals surface area (Å²) in [5.74, 6) is 0.102. The lowest BCUT2D eigenvalue weighted by atomic mass is 9.87. The molecule has 0 aromatic carbocycles. The van der Waals surface area contributed by atoms with Crippen LogP contribution < -0.4 is 0 Å². The van der Waals surface area contributed by atoms with Crippen LogP contribution in [0, 0.1) is 0 Å². The van der Waals surface area contributed by atoms with E-state index in [0.29, 0.717) is 0 Å². The molecule has 0 saturated heterocycles. The van der Waals surface area contributed by atoms with E-state index in [1.807, 2.05) is 6.07 Å². The first-order chi connectivity index (χ1) is 11.5. The van der Waals surface area contributed by atoms with Crippen LogP contribution in [0.3, 0.4) is 0 Å². The van der Waals surface area contributed by atoms with Crippen molar-refractivity contribution in [3.8, 4) is 0 Å². The minimum absolute atomic E-state index is 0.0152. The molecule has 1 aromatic heterocycles. The first kappa shape index (κ1) is 19.6. The number of nitrogens with zero attached hydrogens (tertiary/aromatic N) is 2. The van der Waals surface area contributed by atoms with Crippen molar-refractivity contribution < 1.29 is 9.26 Å². The zero-order valence-electron chi connectivity index (χ0n) is 15.4. The quantitative estimate of drug-likeness (QED) is 0.417. The molecular weight excluding hydrogens is 384 g/mol. The van der Waals surface area contributed by atoms with E-state index in [2.05, 4.69) is 66.8 Å². The summed E-state index contributed by atoms with van der Waals surface area (Å²) < 4.78 is 7.52. The first-order valence-electron chi connectivity index (χ1n) is 9.02. The van der Waals surface area contributed by atoms with Gasteiger partial charge in [0.2, 0.25) is 0 Å². The predicted molar refractivity (Wildman–Crippen MR) is 105 cm³/mol. The van der Waals surface area contributed by atoms with Crippen molar-refractivity contribution >= 4 is 30.0 Å². The molecule has 2 heterocycles. The van der Waals surface area contributed by atoms with Gasteiger partial charge in [-0.1, -0.05) is 38.9 Å². The van der Waals surface area contributed by atoms with Gasteiger partial charge in [0.1, 0.15) is 4.60 Å². The summed E-state index contributed by atoms with van der Waals surface area (Å²) in [7, 11) is -1.68. The van der Waals surface area contributed by atoms with E-state index in [0.717, 1.165) is 40.4 Å². The maximum absolute atomic E-state index is 6.66. The van der Waals surface area contributed by atoms with Crippen molar-refractivity contribution in [2.45, 2.75) is 77.3 Å². The van der Waals surface area contributed by atoms with Crippen LogP contribution >= 0.6 is 15.9 Å².